The minimum Gasteiger partial charge on any atom is -0.379 e. The highest BCUT2D eigenvalue weighted by Gasteiger charge is 2.05. The van der Waals surface area contributed by atoms with E-state index in [9.17, 15) is 4.79 Å². The van der Waals surface area contributed by atoms with Crippen LogP contribution >= 0.6 is 11.6 Å². The Morgan fingerprint density at radius 3 is 2.40 bits per heavy atom. The molecular weight excluding hydrogens is 274 g/mol. The largest absolute Gasteiger partial charge is 0.379 e. The van der Waals surface area contributed by atoms with Gasteiger partial charge in [0.25, 0.3) is 0 Å². The molecule has 2 rings (SSSR count). The van der Waals surface area contributed by atoms with E-state index in [-0.39, 0.29) is 6.04 Å². The van der Waals surface area contributed by atoms with Crippen LogP contribution in [0.2, 0.25) is 5.02 Å². The topological polar surface area (TPSA) is 67.2 Å². The Kier molecular flexibility index (Phi) is 4.48. The fourth-order valence-corrected chi connectivity index (χ4v) is 2.10. The molecule has 0 radical (unpaired) electrons. The lowest BCUT2D eigenvalue weighted by molar-refractivity contribution is 0.259. The maximum atomic E-state index is 10.7. The smallest absolute Gasteiger partial charge is 0.316 e. The van der Waals surface area contributed by atoms with Crippen LogP contribution in [0.3, 0.4) is 0 Å². The van der Waals surface area contributed by atoms with Crippen LogP contribution in [0.15, 0.2) is 48.5 Å². The molecule has 0 bridgehead atoms. The average molecular weight is 290 g/mol. The zero-order chi connectivity index (χ0) is 14.5. The molecule has 0 aromatic heterocycles. The van der Waals surface area contributed by atoms with Crippen LogP contribution in [0.4, 0.5) is 16.2 Å². The SMILES string of the molecule is CC(Nc1ccc(NC(N)=O)cc1)c1cccc(Cl)c1. The lowest BCUT2D eigenvalue weighted by Gasteiger charge is -2.16. The molecule has 1 unspecified atom stereocenters. The number of hydrogen-bond donors (Lipinski definition) is 3. The number of amides is 2. The second-order valence-electron chi connectivity index (χ2n) is 4.49. The molecular formula is C15H16ClN3O. The number of carbonyl (C=O) groups is 1. The number of rotatable bonds is 4. The Bertz CT molecular complexity index is 598. The monoisotopic (exact) mass is 289 g/mol. The molecule has 0 heterocycles. The molecule has 104 valence electrons. The second kappa shape index (κ2) is 6.30. The molecule has 2 aromatic carbocycles. The predicted molar refractivity (Wildman–Crippen MR) is 83.1 cm³/mol. The van der Waals surface area contributed by atoms with E-state index < -0.39 is 6.03 Å². The molecule has 5 heteroatoms. The molecule has 2 aromatic rings. The molecule has 0 spiro atoms. The van der Waals surface area contributed by atoms with Gasteiger partial charge in [-0.2, -0.15) is 0 Å². The van der Waals surface area contributed by atoms with Gasteiger partial charge in [0.2, 0.25) is 0 Å². The average Bonchev–Trinajstić information content (AvgIpc) is 2.40. The second-order valence-corrected chi connectivity index (χ2v) is 4.92. The zero-order valence-corrected chi connectivity index (χ0v) is 11.8. The summed E-state index contributed by atoms with van der Waals surface area (Å²) in [4.78, 5) is 10.7. The molecule has 0 aliphatic rings. The number of carbonyl (C=O) groups excluding carboxylic acids is 1. The molecule has 4 N–H and O–H groups in total. The first-order chi connectivity index (χ1) is 9.54. The number of nitrogens with two attached hydrogens (primary N) is 1. The number of hydrogen-bond acceptors (Lipinski definition) is 2. The normalized spacial score (nSPS) is 11.7. The number of halogens is 1. The summed E-state index contributed by atoms with van der Waals surface area (Å²) >= 11 is 5.98. The summed E-state index contributed by atoms with van der Waals surface area (Å²) in [5.74, 6) is 0. The lowest BCUT2D eigenvalue weighted by atomic mass is 10.1. The van der Waals surface area contributed by atoms with E-state index in [1.54, 1.807) is 12.1 Å². The maximum Gasteiger partial charge on any atom is 0.316 e. The minimum atomic E-state index is -0.571. The summed E-state index contributed by atoms with van der Waals surface area (Å²) in [5.41, 5.74) is 7.78. The van der Waals surface area contributed by atoms with Crippen molar-refractivity contribution in [3.05, 3.63) is 59.1 Å². The molecule has 0 saturated heterocycles. The lowest BCUT2D eigenvalue weighted by Crippen LogP contribution is -2.19. The van der Waals surface area contributed by atoms with Crippen molar-refractivity contribution in [2.75, 3.05) is 10.6 Å². The fourth-order valence-electron chi connectivity index (χ4n) is 1.90. The van der Waals surface area contributed by atoms with E-state index in [0.29, 0.717) is 5.69 Å². The van der Waals surface area contributed by atoms with Crippen molar-refractivity contribution in [1.82, 2.24) is 0 Å². The van der Waals surface area contributed by atoms with Gasteiger partial charge < -0.3 is 16.4 Å². The summed E-state index contributed by atoms with van der Waals surface area (Å²) in [7, 11) is 0. The third kappa shape index (κ3) is 3.90. The summed E-state index contributed by atoms with van der Waals surface area (Å²) in [6.07, 6.45) is 0. The van der Waals surface area contributed by atoms with Crippen molar-refractivity contribution < 1.29 is 4.79 Å². The van der Waals surface area contributed by atoms with Crippen LogP contribution in [0, 0.1) is 0 Å². The first-order valence-electron chi connectivity index (χ1n) is 6.23. The van der Waals surface area contributed by atoms with Gasteiger partial charge in [-0.15, -0.1) is 0 Å². The number of anilines is 2. The van der Waals surface area contributed by atoms with Gasteiger partial charge in [-0.3, -0.25) is 0 Å². The number of nitrogens with one attached hydrogen (secondary N) is 2. The third-order valence-corrected chi connectivity index (χ3v) is 3.12. The van der Waals surface area contributed by atoms with Crippen molar-refractivity contribution >= 4 is 29.0 Å². The van der Waals surface area contributed by atoms with Crippen LogP contribution < -0.4 is 16.4 Å². The van der Waals surface area contributed by atoms with Gasteiger partial charge in [-0.1, -0.05) is 23.7 Å². The minimum absolute atomic E-state index is 0.128. The molecule has 4 nitrogen and oxygen atoms in total. The molecule has 0 saturated carbocycles. The fraction of sp³-hybridized carbons (Fsp3) is 0.133. The number of primary amides is 1. The Labute approximate surface area is 122 Å². The molecule has 0 aliphatic carbocycles. The maximum absolute atomic E-state index is 10.7. The zero-order valence-electron chi connectivity index (χ0n) is 11.1. The first kappa shape index (κ1) is 14.2. The molecule has 0 aliphatic heterocycles. The molecule has 2 amide bonds. The van der Waals surface area contributed by atoms with Gasteiger partial charge in [0.1, 0.15) is 0 Å². The molecule has 0 fully saturated rings. The number of urea groups is 1. The Balaban J connectivity index is 2.04. The number of benzene rings is 2. The quantitative estimate of drug-likeness (QED) is 0.796. The molecule has 1 atom stereocenters. The third-order valence-electron chi connectivity index (χ3n) is 2.88. The van der Waals surface area contributed by atoms with Crippen molar-refractivity contribution in [3.8, 4) is 0 Å². The Hall–Kier alpha value is -2.20. The van der Waals surface area contributed by atoms with Crippen LogP contribution in [0.25, 0.3) is 0 Å². The Morgan fingerprint density at radius 1 is 1.15 bits per heavy atom. The van der Waals surface area contributed by atoms with E-state index in [4.69, 9.17) is 17.3 Å². The summed E-state index contributed by atoms with van der Waals surface area (Å²) in [6, 6.07) is 14.6. The van der Waals surface area contributed by atoms with Gasteiger partial charge >= 0.3 is 6.03 Å². The van der Waals surface area contributed by atoms with E-state index in [0.717, 1.165) is 16.3 Å². The Morgan fingerprint density at radius 2 is 1.80 bits per heavy atom. The van der Waals surface area contributed by atoms with Gasteiger partial charge in [-0.25, -0.2) is 4.79 Å². The predicted octanol–water partition coefficient (Wildman–Crippen LogP) is 4.00. The van der Waals surface area contributed by atoms with Gasteiger partial charge in [0.05, 0.1) is 0 Å². The van der Waals surface area contributed by atoms with E-state index in [1.807, 2.05) is 36.4 Å². The van der Waals surface area contributed by atoms with Gasteiger partial charge in [-0.05, 0) is 48.9 Å². The van der Waals surface area contributed by atoms with Crippen molar-refractivity contribution in [3.63, 3.8) is 0 Å². The highest BCUT2D eigenvalue weighted by molar-refractivity contribution is 6.30. The highest BCUT2D eigenvalue weighted by atomic mass is 35.5. The van der Waals surface area contributed by atoms with E-state index in [1.165, 1.54) is 0 Å². The summed E-state index contributed by atoms with van der Waals surface area (Å²) in [5, 5.41) is 6.60. The van der Waals surface area contributed by atoms with Crippen molar-refractivity contribution in [2.24, 2.45) is 5.73 Å². The van der Waals surface area contributed by atoms with Crippen LogP contribution in [0.5, 0.6) is 0 Å². The van der Waals surface area contributed by atoms with E-state index >= 15 is 0 Å². The van der Waals surface area contributed by atoms with Crippen LogP contribution in [-0.4, -0.2) is 6.03 Å². The first-order valence-corrected chi connectivity index (χ1v) is 6.61. The van der Waals surface area contributed by atoms with Gasteiger partial charge in [0.15, 0.2) is 0 Å². The van der Waals surface area contributed by atoms with Crippen LogP contribution in [0.1, 0.15) is 18.5 Å². The van der Waals surface area contributed by atoms with Crippen molar-refractivity contribution in [2.45, 2.75) is 13.0 Å². The van der Waals surface area contributed by atoms with Crippen molar-refractivity contribution in [1.29, 1.82) is 0 Å². The highest BCUT2D eigenvalue weighted by Crippen LogP contribution is 2.22. The molecule has 20 heavy (non-hydrogen) atoms. The summed E-state index contributed by atoms with van der Waals surface area (Å²) in [6.45, 7) is 2.06. The van der Waals surface area contributed by atoms with Crippen LogP contribution in [-0.2, 0) is 0 Å². The van der Waals surface area contributed by atoms with E-state index in [2.05, 4.69) is 17.6 Å². The summed E-state index contributed by atoms with van der Waals surface area (Å²) < 4.78 is 0. The standard InChI is InChI=1S/C15H16ClN3O/c1-10(11-3-2-4-12(16)9-11)18-13-5-7-14(8-6-13)19-15(17)20/h2-10,18H,1H3,(H3,17,19,20). The van der Waals surface area contributed by atoms with Gasteiger partial charge in [0, 0.05) is 22.4 Å².